The molecule has 110 valence electrons. The molecule has 0 radical (unpaired) electrons. The van der Waals surface area contributed by atoms with Crippen LogP contribution in [-0.4, -0.2) is 12.5 Å². The quantitative estimate of drug-likeness (QED) is 0.890. The Bertz CT molecular complexity index is 668. The summed E-state index contributed by atoms with van der Waals surface area (Å²) < 4.78 is 6.55. The van der Waals surface area contributed by atoms with E-state index in [1.807, 2.05) is 57.2 Å². The van der Waals surface area contributed by atoms with Crippen LogP contribution in [0, 0.1) is 20.8 Å². The lowest BCUT2D eigenvalue weighted by Gasteiger charge is -2.11. The maximum absolute atomic E-state index is 12.0. The Labute approximate surface area is 133 Å². The summed E-state index contributed by atoms with van der Waals surface area (Å²) in [5.41, 5.74) is 4.03. The fraction of sp³-hybridized carbons (Fsp3) is 0.235. The number of rotatable bonds is 4. The average molecular weight is 348 g/mol. The van der Waals surface area contributed by atoms with Crippen molar-refractivity contribution in [1.82, 2.24) is 0 Å². The van der Waals surface area contributed by atoms with Crippen LogP contribution in [0.25, 0.3) is 0 Å². The van der Waals surface area contributed by atoms with Crippen molar-refractivity contribution in [2.75, 3.05) is 11.9 Å². The van der Waals surface area contributed by atoms with Crippen LogP contribution in [0.5, 0.6) is 5.75 Å². The molecular formula is C17H18BrNO2. The Kier molecular flexibility index (Phi) is 5.02. The van der Waals surface area contributed by atoms with E-state index in [0.717, 1.165) is 21.3 Å². The number of aryl methyl sites for hydroxylation is 3. The molecule has 0 spiro atoms. The molecule has 0 heterocycles. The summed E-state index contributed by atoms with van der Waals surface area (Å²) in [7, 11) is 0. The van der Waals surface area contributed by atoms with Crippen LogP contribution < -0.4 is 10.1 Å². The molecular weight excluding hydrogens is 330 g/mol. The van der Waals surface area contributed by atoms with E-state index in [1.54, 1.807) is 0 Å². The van der Waals surface area contributed by atoms with Crippen LogP contribution in [0.1, 0.15) is 16.7 Å². The third-order valence-electron chi connectivity index (χ3n) is 3.15. The molecule has 1 amide bonds. The fourth-order valence-corrected chi connectivity index (χ4v) is 2.53. The van der Waals surface area contributed by atoms with E-state index < -0.39 is 0 Å². The molecule has 0 atom stereocenters. The Balaban J connectivity index is 1.96. The molecule has 21 heavy (non-hydrogen) atoms. The van der Waals surface area contributed by atoms with Crippen molar-refractivity contribution in [3.63, 3.8) is 0 Å². The molecule has 0 fully saturated rings. The van der Waals surface area contributed by atoms with Crippen LogP contribution in [0.2, 0.25) is 0 Å². The minimum atomic E-state index is -0.163. The Hall–Kier alpha value is -1.81. The van der Waals surface area contributed by atoms with Crippen LogP contribution in [0.15, 0.2) is 40.9 Å². The second kappa shape index (κ2) is 6.76. The summed E-state index contributed by atoms with van der Waals surface area (Å²) in [4.78, 5) is 12.0. The third kappa shape index (κ3) is 4.33. The molecule has 0 aromatic heterocycles. The number of halogens is 1. The molecule has 3 nitrogen and oxygen atoms in total. The summed E-state index contributed by atoms with van der Waals surface area (Å²) in [6.45, 7) is 5.94. The van der Waals surface area contributed by atoms with Gasteiger partial charge in [-0.1, -0.05) is 33.6 Å². The second-order valence-electron chi connectivity index (χ2n) is 5.07. The highest BCUT2D eigenvalue weighted by Crippen LogP contribution is 2.22. The predicted octanol–water partition coefficient (Wildman–Crippen LogP) is 4.39. The minimum Gasteiger partial charge on any atom is -0.483 e. The number of anilines is 1. The van der Waals surface area contributed by atoms with Gasteiger partial charge in [-0.3, -0.25) is 4.79 Å². The van der Waals surface area contributed by atoms with Crippen molar-refractivity contribution in [3.05, 3.63) is 57.6 Å². The average Bonchev–Trinajstić information content (AvgIpc) is 2.41. The van der Waals surface area contributed by atoms with Crippen molar-refractivity contribution >= 4 is 27.5 Å². The van der Waals surface area contributed by atoms with Crippen molar-refractivity contribution in [2.24, 2.45) is 0 Å². The maximum Gasteiger partial charge on any atom is 0.262 e. The van der Waals surface area contributed by atoms with Crippen molar-refractivity contribution < 1.29 is 9.53 Å². The van der Waals surface area contributed by atoms with Gasteiger partial charge in [-0.25, -0.2) is 0 Å². The number of carbonyl (C=O) groups is 1. The molecule has 0 aliphatic rings. The van der Waals surface area contributed by atoms with E-state index >= 15 is 0 Å². The Morgan fingerprint density at radius 1 is 1.10 bits per heavy atom. The summed E-state index contributed by atoms with van der Waals surface area (Å²) in [6.07, 6.45) is 0. The van der Waals surface area contributed by atoms with Crippen molar-refractivity contribution in [2.45, 2.75) is 20.8 Å². The zero-order valence-electron chi connectivity index (χ0n) is 12.4. The lowest BCUT2D eigenvalue weighted by atomic mass is 10.1. The molecule has 0 aliphatic carbocycles. The van der Waals surface area contributed by atoms with E-state index in [0.29, 0.717) is 5.75 Å². The molecule has 2 rings (SSSR count). The molecule has 0 saturated carbocycles. The van der Waals surface area contributed by atoms with Crippen molar-refractivity contribution in [3.8, 4) is 5.75 Å². The van der Waals surface area contributed by atoms with E-state index in [2.05, 4.69) is 21.2 Å². The van der Waals surface area contributed by atoms with Gasteiger partial charge < -0.3 is 10.1 Å². The van der Waals surface area contributed by atoms with Gasteiger partial charge in [0.1, 0.15) is 5.75 Å². The number of amides is 1. The van der Waals surface area contributed by atoms with Gasteiger partial charge in [-0.05, 0) is 56.2 Å². The zero-order valence-corrected chi connectivity index (χ0v) is 14.0. The molecule has 0 bridgehead atoms. The molecule has 0 aliphatic heterocycles. The molecule has 0 saturated heterocycles. The van der Waals surface area contributed by atoms with Gasteiger partial charge in [0.2, 0.25) is 0 Å². The van der Waals surface area contributed by atoms with Gasteiger partial charge >= 0.3 is 0 Å². The highest BCUT2D eigenvalue weighted by molar-refractivity contribution is 9.10. The number of benzene rings is 2. The first-order valence-corrected chi connectivity index (χ1v) is 7.51. The summed E-state index contributed by atoms with van der Waals surface area (Å²) in [6, 6.07) is 11.6. The number of hydrogen-bond donors (Lipinski definition) is 1. The number of nitrogens with one attached hydrogen (secondary N) is 1. The van der Waals surface area contributed by atoms with Gasteiger partial charge in [-0.2, -0.15) is 0 Å². The molecule has 1 N–H and O–H groups in total. The highest BCUT2D eigenvalue weighted by Gasteiger charge is 2.07. The van der Waals surface area contributed by atoms with Gasteiger partial charge in [0.15, 0.2) is 6.61 Å². The molecule has 0 unspecified atom stereocenters. The van der Waals surface area contributed by atoms with Crippen LogP contribution in [-0.2, 0) is 4.79 Å². The largest absolute Gasteiger partial charge is 0.483 e. The van der Waals surface area contributed by atoms with Gasteiger partial charge in [0, 0.05) is 10.2 Å². The highest BCUT2D eigenvalue weighted by atomic mass is 79.9. The molecule has 2 aromatic rings. The second-order valence-corrected chi connectivity index (χ2v) is 5.98. The first-order valence-electron chi connectivity index (χ1n) is 6.72. The maximum atomic E-state index is 12.0. The fourth-order valence-electron chi connectivity index (χ4n) is 2.06. The van der Waals surface area contributed by atoms with Crippen LogP contribution in [0.3, 0.4) is 0 Å². The summed E-state index contributed by atoms with van der Waals surface area (Å²) in [5.74, 6) is 0.554. The smallest absolute Gasteiger partial charge is 0.262 e. The first kappa shape index (κ1) is 15.6. The first-order chi connectivity index (χ1) is 9.95. The standard InChI is InChI=1S/C17H18BrNO2/c1-11-4-6-15(12(2)8-11)19-17(20)10-21-16-7-5-14(18)9-13(16)3/h4-9H,10H2,1-3H3,(H,19,20). The van der Waals surface area contributed by atoms with E-state index in [-0.39, 0.29) is 12.5 Å². The van der Waals surface area contributed by atoms with Gasteiger partial charge in [0.25, 0.3) is 5.91 Å². The van der Waals surface area contributed by atoms with Crippen LogP contribution in [0.4, 0.5) is 5.69 Å². The lowest BCUT2D eigenvalue weighted by Crippen LogP contribution is -2.20. The van der Waals surface area contributed by atoms with Gasteiger partial charge in [-0.15, -0.1) is 0 Å². The summed E-state index contributed by atoms with van der Waals surface area (Å²) >= 11 is 3.40. The Morgan fingerprint density at radius 2 is 1.86 bits per heavy atom. The number of hydrogen-bond acceptors (Lipinski definition) is 2. The van der Waals surface area contributed by atoms with E-state index in [1.165, 1.54) is 5.56 Å². The zero-order chi connectivity index (χ0) is 15.4. The normalized spacial score (nSPS) is 10.3. The number of carbonyl (C=O) groups excluding carboxylic acids is 1. The number of ether oxygens (including phenoxy) is 1. The van der Waals surface area contributed by atoms with Crippen molar-refractivity contribution in [1.29, 1.82) is 0 Å². The molecule has 2 aromatic carbocycles. The third-order valence-corrected chi connectivity index (χ3v) is 3.64. The molecule has 4 heteroatoms. The van der Waals surface area contributed by atoms with Crippen LogP contribution >= 0.6 is 15.9 Å². The topological polar surface area (TPSA) is 38.3 Å². The Morgan fingerprint density at radius 3 is 2.52 bits per heavy atom. The van der Waals surface area contributed by atoms with E-state index in [4.69, 9.17) is 4.74 Å². The predicted molar refractivity (Wildman–Crippen MR) is 88.9 cm³/mol. The van der Waals surface area contributed by atoms with E-state index in [9.17, 15) is 4.79 Å². The summed E-state index contributed by atoms with van der Waals surface area (Å²) in [5, 5.41) is 2.87. The lowest BCUT2D eigenvalue weighted by molar-refractivity contribution is -0.118. The monoisotopic (exact) mass is 347 g/mol. The SMILES string of the molecule is Cc1ccc(NC(=O)COc2ccc(Br)cc2C)c(C)c1. The van der Waals surface area contributed by atoms with Gasteiger partial charge in [0.05, 0.1) is 0 Å². The minimum absolute atomic E-state index is 0.00418.